The maximum atomic E-state index is 6.63. The Morgan fingerprint density at radius 3 is 1.24 bits per heavy atom. The lowest BCUT2D eigenvalue weighted by Gasteiger charge is -2.51. The van der Waals surface area contributed by atoms with Crippen LogP contribution in [-0.4, -0.2) is 0 Å². The molecule has 0 amide bonds. The van der Waals surface area contributed by atoms with Crippen molar-refractivity contribution in [3.05, 3.63) is 303 Å². The van der Waals surface area contributed by atoms with E-state index >= 15 is 0 Å². The van der Waals surface area contributed by atoms with Crippen molar-refractivity contribution in [3.63, 3.8) is 0 Å². The minimum atomic E-state index is -0.712. The van der Waals surface area contributed by atoms with Crippen LogP contribution in [0.25, 0.3) is 79.7 Å². The Bertz CT molecular complexity index is 3930. The van der Waals surface area contributed by atoms with E-state index in [0.717, 1.165) is 38.8 Å². The van der Waals surface area contributed by atoms with Gasteiger partial charge < -0.3 is 9.32 Å². The molecule has 0 radical (unpaired) electrons. The van der Waals surface area contributed by atoms with Gasteiger partial charge in [0.1, 0.15) is 11.2 Å². The summed E-state index contributed by atoms with van der Waals surface area (Å²) in [5, 5.41) is 2.22. The normalized spacial score (nSPS) is 21.1. The molecule has 0 saturated heterocycles. The van der Waals surface area contributed by atoms with Crippen LogP contribution in [0, 0.1) is 10.8 Å². The van der Waals surface area contributed by atoms with E-state index in [1.807, 2.05) is 0 Å². The minimum absolute atomic E-state index is 0.712. The topological polar surface area (TPSA) is 16.4 Å². The minimum Gasteiger partial charge on any atom is -0.456 e. The van der Waals surface area contributed by atoms with E-state index in [-0.39, 0.29) is 0 Å². The molecule has 70 heavy (non-hydrogen) atoms. The number of para-hydroxylation sites is 2. The van der Waals surface area contributed by atoms with E-state index in [1.165, 1.54) is 100 Å². The Morgan fingerprint density at radius 1 is 0.329 bits per heavy atom. The summed E-state index contributed by atoms with van der Waals surface area (Å²) < 4.78 is 6.63. The molecule has 0 fully saturated rings. The van der Waals surface area contributed by atoms with Gasteiger partial charge in [-0.15, -0.1) is 0 Å². The molecule has 2 atom stereocenters. The highest BCUT2D eigenvalue weighted by Crippen LogP contribution is 2.67. The third kappa shape index (κ3) is 4.82. The lowest BCUT2D eigenvalue weighted by atomic mass is 9.60. The van der Waals surface area contributed by atoms with Gasteiger partial charge in [0.15, 0.2) is 0 Å². The quantitative estimate of drug-likeness (QED) is 0.175. The van der Waals surface area contributed by atoms with E-state index in [4.69, 9.17) is 4.42 Å². The van der Waals surface area contributed by atoms with Crippen molar-refractivity contribution in [3.8, 4) is 11.1 Å². The van der Waals surface area contributed by atoms with Gasteiger partial charge in [-0.3, -0.25) is 0 Å². The Morgan fingerprint density at radius 2 is 0.729 bits per heavy atom. The lowest BCUT2D eigenvalue weighted by Crippen LogP contribution is -2.44. The van der Waals surface area contributed by atoms with E-state index in [1.54, 1.807) is 0 Å². The highest BCUT2D eigenvalue weighted by atomic mass is 16.3. The first-order valence-electron chi connectivity index (χ1n) is 24.4. The summed E-state index contributed by atoms with van der Waals surface area (Å²) in [7, 11) is 0. The molecule has 1 aromatic heterocycles. The van der Waals surface area contributed by atoms with Crippen molar-refractivity contribution in [2.75, 3.05) is 4.90 Å². The second kappa shape index (κ2) is 13.8. The molecule has 1 heterocycles. The van der Waals surface area contributed by atoms with Crippen LogP contribution in [0.2, 0.25) is 0 Å². The molecule has 7 aromatic carbocycles. The van der Waals surface area contributed by atoms with Gasteiger partial charge in [-0.1, -0.05) is 194 Å². The molecular weight excluding hydrogens is 847 g/mol. The molecule has 0 N–H and O–H groups in total. The molecule has 0 aliphatic heterocycles. The van der Waals surface area contributed by atoms with Gasteiger partial charge in [0.05, 0.1) is 16.5 Å². The molecule has 324 valence electrons. The predicted molar refractivity (Wildman–Crippen MR) is 291 cm³/mol. The highest BCUT2D eigenvalue weighted by Gasteiger charge is 2.55. The number of furan rings is 1. The number of nitrogens with zero attached hydrogens (tertiary/aromatic N) is 1. The van der Waals surface area contributed by atoms with Crippen LogP contribution >= 0.6 is 0 Å². The fourth-order valence-corrected chi connectivity index (χ4v) is 13.3. The first-order chi connectivity index (χ1) is 34.7. The third-order valence-corrected chi connectivity index (χ3v) is 16.2. The summed E-state index contributed by atoms with van der Waals surface area (Å²) >= 11 is 0. The molecule has 2 unspecified atom stereocenters. The molecule has 2 heteroatoms. The Hall–Kier alpha value is -8.98. The van der Waals surface area contributed by atoms with Crippen LogP contribution in [0.1, 0.15) is 44.5 Å². The molecule has 8 aromatic rings. The zero-order valence-corrected chi connectivity index (χ0v) is 38.0. The van der Waals surface area contributed by atoms with Gasteiger partial charge in [0.2, 0.25) is 0 Å². The predicted octanol–water partition coefficient (Wildman–Crippen LogP) is 16.9. The molecule has 0 bridgehead atoms. The van der Waals surface area contributed by atoms with Crippen LogP contribution in [0.4, 0.5) is 5.69 Å². The number of fused-ring (bicyclic) bond motifs is 19. The molecule has 2 spiro atoms. The monoisotopic (exact) mass is 887 g/mol. The van der Waals surface area contributed by atoms with Gasteiger partial charge >= 0.3 is 0 Å². The van der Waals surface area contributed by atoms with Gasteiger partial charge in [-0.05, 0) is 149 Å². The number of hydrogen-bond acceptors (Lipinski definition) is 2. The standard InChI is InChI=1S/C68H41NO/c1-5-20-46-42(16-1)38-57-50(46)27-14-36-67(57)59-40-44-18-3-7-22-48(44)52(59)32-34-64(67)69(61-29-11-9-24-54(61)55-26-13-31-63-66(55)56-25-10-12-30-62(56)70-63)65-35-33-53-49-23-8-4-19-45(49)41-60(53)68(65)37-15-28-51-47-21-6-2-17-43(47)39-58(51)68/h1-41H. The Kier molecular flexibility index (Phi) is 7.51. The van der Waals surface area contributed by atoms with E-state index in [2.05, 4.69) is 254 Å². The molecule has 2 nitrogen and oxygen atoms in total. The van der Waals surface area contributed by atoms with E-state index in [0.29, 0.717) is 0 Å². The van der Waals surface area contributed by atoms with Crippen LogP contribution in [0.5, 0.6) is 0 Å². The molecule has 16 rings (SSSR count). The van der Waals surface area contributed by atoms with Crippen molar-refractivity contribution >= 4 is 74.2 Å². The maximum Gasteiger partial charge on any atom is 0.136 e. The van der Waals surface area contributed by atoms with Crippen molar-refractivity contribution in [1.82, 2.24) is 0 Å². The third-order valence-electron chi connectivity index (χ3n) is 16.2. The van der Waals surface area contributed by atoms with Crippen LogP contribution in [0.15, 0.2) is 263 Å². The van der Waals surface area contributed by atoms with Crippen LogP contribution in [0.3, 0.4) is 0 Å². The van der Waals surface area contributed by atoms with Crippen molar-refractivity contribution in [2.24, 2.45) is 10.8 Å². The zero-order chi connectivity index (χ0) is 45.7. The lowest BCUT2D eigenvalue weighted by molar-refractivity contribution is 0.614. The van der Waals surface area contributed by atoms with Crippen LogP contribution in [-0.2, 0) is 0 Å². The first-order valence-corrected chi connectivity index (χ1v) is 24.4. The summed E-state index contributed by atoms with van der Waals surface area (Å²) in [5.74, 6) is 0. The Labute approximate surface area is 406 Å². The molecule has 0 saturated carbocycles. The SMILES string of the molecule is C1=CC2(C3=Cc4ccccc4C3=C1)C1=Cc3ccccc3C1=CC=C2N(C1=CC=C2C(=Cc3ccccc32)C12C=CC=C1C2=Cc2ccccc21)c1ccccc1-c1cccc2oc3ccccc3c12. The largest absolute Gasteiger partial charge is 0.456 e. The first kappa shape index (κ1) is 38.0. The fourth-order valence-electron chi connectivity index (χ4n) is 13.3. The second-order valence-corrected chi connectivity index (χ2v) is 19.5. The maximum absolute atomic E-state index is 6.63. The number of anilines is 1. The van der Waals surface area contributed by atoms with Crippen LogP contribution < -0.4 is 4.90 Å². The fraction of sp³-hybridized carbons (Fsp3) is 0.0294. The van der Waals surface area contributed by atoms with E-state index < -0.39 is 10.8 Å². The second-order valence-electron chi connectivity index (χ2n) is 19.5. The van der Waals surface area contributed by atoms with Gasteiger partial charge in [0, 0.05) is 27.7 Å². The van der Waals surface area contributed by atoms with Gasteiger partial charge in [0.25, 0.3) is 0 Å². The zero-order valence-electron chi connectivity index (χ0n) is 38.0. The number of benzene rings is 7. The van der Waals surface area contributed by atoms with Crippen molar-refractivity contribution in [2.45, 2.75) is 0 Å². The summed E-state index contributed by atoms with van der Waals surface area (Å²) in [5.41, 5.74) is 26.3. The number of hydrogen-bond donors (Lipinski definition) is 0. The number of rotatable bonds is 4. The molecular formula is C68H41NO. The average Bonchev–Trinajstić information content (AvgIpc) is 4.25. The average molecular weight is 888 g/mol. The van der Waals surface area contributed by atoms with Gasteiger partial charge in [-0.25, -0.2) is 0 Å². The highest BCUT2D eigenvalue weighted by molar-refractivity contribution is 6.15. The molecule has 8 aliphatic rings. The summed E-state index contributed by atoms with van der Waals surface area (Å²) in [6.45, 7) is 0. The summed E-state index contributed by atoms with van der Waals surface area (Å²) in [6.07, 6.45) is 34.0. The van der Waals surface area contributed by atoms with Crippen molar-refractivity contribution in [1.29, 1.82) is 0 Å². The Balaban J connectivity index is 1.04. The molecule has 8 aliphatic carbocycles. The van der Waals surface area contributed by atoms with E-state index in [9.17, 15) is 0 Å². The van der Waals surface area contributed by atoms with Crippen molar-refractivity contribution < 1.29 is 4.42 Å². The smallest absolute Gasteiger partial charge is 0.136 e. The number of allylic oxidation sites excluding steroid dienone is 14. The summed E-state index contributed by atoms with van der Waals surface area (Å²) in [4.78, 5) is 2.69. The van der Waals surface area contributed by atoms with Gasteiger partial charge in [-0.2, -0.15) is 0 Å². The summed E-state index contributed by atoms with van der Waals surface area (Å²) in [6, 6.07) is 59.8.